The molecule has 1 aliphatic heterocycles. The third-order valence-corrected chi connectivity index (χ3v) is 3.83. The molecule has 0 bridgehead atoms. The minimum atomic E-state index is -0.287. The number of hydrogen-bond donors (Lipinski definition) is 2. The fraction of sp³-hybridized carbons (Fsp3) is 0.111. The lowest BCUT2D eigenvalue weighted by Crippen LogP contribution is -2.26. The van der Waals surface area contributed by atoms with Crippen molar-refractivity contribution in [1.29, 1.82) is 0 Å². The second kappa shape index (κ2) is 5.86. The van der Waals surface area contributed by atoms with Crippen LogP contribution < -0.4 is 15.4 Å². The van der Waals surface area contributed by atoms with Crippen LogP contribution in [-0.4, -0.2) is 28.4 Å². The van der Waals surface area contributed by atoms with Crippen molar-refractivity contribution >= 4 is 34.2 Å². The number of nitrogens with one attached hydrogen (secondary N) is 2. The van der Waals surface area contributed by atoms with Crippen LogP contribution in [0.15, 0.2) is 42.6 Å². The minimum absolute atomic E-state index is 0.0708. The Bertz CT molecular complexity index is 1020. The van der Waals surface area contributed by atoms with Crippen LogP contribution in [0.2, 0.25) is 0 Å². The van der Waals surface area contributed by atoms with Gasteiger partial charge >= 0.3 is 0 Å². The zero-order chi connectivity index (χ0) is 17.4. The van der Waals surface area contributed by atoms with Gasteiger partial charge in [0, 0.05) is 17.1 Å². The summed E-state index contributed by atoms with van der Waals surface area (Å²) in [5, 5.41) is 6.30. The van der Waals surface area contributed by atoms with Crippen LogP contribution in [0.25, 0.3) is 10.9 Å². The highest BCUT2D eigenvalue weighted by Gasteiger charge is 2.18. The van der Waals surface area contributed by atoms with Gasteiger partial charge in [-0.3, -0.25) is 14.6 Å². The lowest BCUT2D eigenvalue weighted by atomic mass is 10.1. The number of anilines is 2. The summed E-state index contributed by atoms with van der Waals surface area (Å²) in [5.41, 5.74) is 2.44. The summed E-state index contributed by atoms with van der Waals surface area (Å²) < 4.78 is 5.31. The molecule has 0 saturated heterocycles. The SMILES string of the molecule is Cc1ccc2cccc(C(=O)Nc3cnc4c(c3)OCC(=O)N4)c2n1. The summed E-state index contributed by atoms with van der Waals surface area (Å²) in [4.78, 5) is 32.5. The van der Waals surface area contributed by atoms with E-state index in [4.69, 9.17) is 4.74 Å². The van der Waals surface area contributed by atoms with E-state index in [0.717, 1.165) is 11.1 Å². The number of aryl methyl sites for hydroxylation is 1. The molecule has 1 aliphatic rings. The van der Waals surface area contributed by atoms with E-state index >= 15 is 0 Å². The molecule has 4 rings (SSSR count). The van der Waals surface area contributed by atoms with Gasteiger partial charge in [0.25, 0.3) is 11.8 Å². The Balaban J connectivity index is 1.65. The second-order valence-corrected chi connectivity index (χ2v) is 5.69. The molecular formula is C18H14N4O3. The van der Waals surface area contributed by atoms with Gasteiger partial charge in [-0.15, -0.1) is 0 Å². The number of fused-ring (bicyclic) bond motifs is 2. The number of nitrogens with zero attached hydrogens (tertiary/aromatic N) is 2. The molecule has 0 fully saturated rings. The molecule has 3 aromatic rings. The topological polar surface area (TPSA) is 93.2 Å². The molecule has 0 unspecified atom stereocenters. The molecular weight excluding hydrogens is 320 g/mol. The van der Waals surface area contributed by atoms with Crippen molar-refractivity contribution in [3.63, 3.8) is 0 Å². The van der Waals surface area contributed by atoms with Crippen LogP contribution >= 0.6 is 0 Å². The number of hydrogen-bond acceptors (Lipinski definition) is 5. The standard InChI is InChI=1S/C18H14N4O3/c1-10-5-6-11-3-2-4-13(16(11)20-10)18(24)21-12-7-14-17(19-8-12)22-15(23)9-25-14/h2-8H,9H2,1H3,(H,21,24)(H,19,22,23). The van der Waals surface area contributed by atoms with E-state index in [2.05, 4.69) is 20.6 Å². The van der Waals surface area contributed by atoms with Gasteiger partial charge < -0.3 is 15.4 Å². The number of rotatable bonds is 2. The monoisotopic (exact) mass is 334 g/mol. The van der Waals surface area contributed by atoms with Gasteiger partial charge in [-0.1, -0.05) is 18.2 Å². The molecule has 124 valence electrons. The van der Waals surface area contributed by atoms with Gasteiger partial charge in [0.15, 0.2) is 18.2 Å². The van der Waals surface area contributed by atoms with Gasteiger partial charge in [-0.05, 0) is 19.1 Å². The summed E-state index contributed by atoms with van der Waals surface area (Å²) in [6, 6.07) is 10.9. The van der Waals surface area contributed by atoms with Crippen LogP contribution in [0.5, 0.6) is 5.75 Å². The Kier molecular flexibility index (Phi) is 3.53. The first-order valence-electron chi connectivity index (χ1n) is 7.70. The Hall–Kier alpha value is -3.48. The molecule has 0 saturated carbocycles. The molecule has 7 heteroatoms. The first-order chi connectivity index (χ1) is 12.1. The largest absolute Gasteiger partial charge is 0.480 e. The van der Waals surface area contributed by atoms with Crippen molar-refractivity contribution in [1.82, 2.24) is 9.97 Å². The van der Waals surface area contributed by atoms with Gasteiger partial charge in [-0.2, -0.15) is 0 Å². The highest BCUT2D eigenvalue weighted by Crippen LogP contribution is 2.28. The summed E-state index contributed by atoms with van der Waals surface area (Å²) in [5.74, 6) is 0.222. The zero-order valence-electron chi connectivity index (χ0n) is 13.4. The average Bonchev–Trinajstić information content (AvgIpc) is 2.61. The summed E-state index contributed by atoms with van der Waals surface area (Å²) in [6.45, 7) is 1.81. The van der Waals surface area contributed by atoms with Crippen LogP contribution in [0.3, 0.4) is 0 Å². The maximum Gasteiger partial charge on any atom is 0.263 e. The third kappa shape index (κ3) is 2.87. The number of para-hydroxylation sites is 1. The fourth-order valence-electron chi connectivity index (χ4n) is 2.65. The lowest BCUT2D eigenvalue weighted by molar-refractivity contribution is -0.118. The number of amides is 2. The van der Waals surface area contributed by atoms with E-state index < -0.39 is 0 Å². The summed E-state index contributed by atoms with van der Waals surface area (Å²) >= 11 is 0. The molecule has 25 heavy (non-hydrogen) atoms. The minimum Gasteiger partial charge on any atom is -0.480 e. The summed E-state index contributed by atoms with van der Waals surface area (Å²) in [6.07, 6.45) is 1.47. The molecule has 2 amide bonds. The van der Waals surface area contributed by atoms with E-state index in [9.17, 15) is 9.59 Å². The van der Waals surface area contributed by atoms with Crippen molar-refractivity contribution in [2.75, 3.05) is 17.2 Å². The van der Waals surface area contributed by atoms with Crippen LogP contribution in [0.4, 0.5) is 11.5 Å². The molecule has 3 heterocycles. The highest BCUT2D eigenvalue weighted by atomic mass is 16.5. The average molecular weight is 334 g/mol. The molecule has 0 spiro atoms. The molecule has 0 aliphatic carbocycles. The van der Waals surface area contributed by atoms with Gasteiger partial charge in [0.2, 0.25) is 0 Å². The number of benzene rings is 1. The van der Waals surface area contributed by atoms with E-state index in [1.54, 1.807) is 12.1 Å². The van der Waals surface area contributed by atoms with Gasteiger partial charge in [-0.25, -0.2) is 4.98 Å². The van der Waals surface area contributed by atoms with E-state index in [0.29, 0.717) is 28.3 Å². The van der Waals surface area contributed by atoms with Gasteiger partial charge in [0.05, 0.1) is 23.0 Å². The Morgan fingerprint density at radius 2 is 2.16 bits per heavy atom. The highest BCUT2D eigenvalue weighted by molar-refractivity contribution is 6.12. The van der Waals surface area contributed by atoms with Gasteiger partial charge in [0.1, 0.15) is 0 Å². The Morgan fingerprint density at radius 3 is 3.04 bits per heavy atom. The predicted octanol–water partition coefficient (Wildman–Crippen LogP) is 2.52. The van der Waals surface area contributed by atoms with Crippen LogP contribution in [0, 0.1) is 6.92 Å². The summed E-state index contributed by atoms with van der Waals surface area (Å²) in [7, 11) is 0. The smallest absolute Gasteiger partial charge is 0.263 e. The number of aromatic nitrogens is 2. The molecule has 2 N–H and O–H groups in total. The second-order valence-electron chi connectivity index (χ2n) is 5.69. The first kappa shape index (κ1) is 15.1. The maximum atomic E-state index is 12.7. The molecule has 1 aromatic carbocycles. The van der Waals surface area contributed by atoms with Crippen molar-refractivity contribution in [3.05, 3.63) is 53.9 Å². The van der Waals surface area contributed by atoms with Crippen molar-refractivity contribution in [2.45, 2.75) is 6.92 Å². The Labute approximate surface area is 143 Å². The molecule has 0 atom stereocenters. The molecule has 7 nitrogen and oxygen atoms in total. The maximum absolute atomic E-state index is 12.7. The van der Waals surface area contributed by atoms with Crippen molar-refractivity contribution in [3.8, 4) is 5.75 Å². The predicted molar refractivity (Wildman–Crippen MR) is 92.8 cm³/mol. The lowest BCUT2D eigenvalue weighted by Gasteiger charge is -2.17. The van der Waals surface area contributed by atoms with Crippen LogP contribution in [-0.2, 0) is 4.79 Å². The fourth-order valence-corrected chi connectivity index (χ4v) is 2.65. The van der Waals surface area contributed by atoms with E-state index in [1.165, 1.54) is 6.20 Å². The van der Waals surface area contributed by atoms with Crippen molar-refractivity contribution < 1.29 is 14.3 Å². The Morgan fingerprint density at radius 1 is 1.28 bits per heavy atom. The normalized spacial score (nSPS) is 12.9. The number of pyridine rings is 2. The zero-order valence-corrected chi connectivity index (χ0v) is 13.4. The number of ether oxygens (including phenoxy) is 1. The molecule has 2 aromatic heterocycles. The number of carbonyl (C=O) groups excluding carboxylic acids is 2. The first-order valence-corrected chi connectivity index (χ1v) is 7.70. The quantitative estimate of drug-likeness (QED) is 0.751. The number of carbonyl (C=O) groups is 2. The molecule has 0 radical (unpaired) electrons. The van der Waals surface area contributed by atoms with E-state index in [1.807, 2.05) is 31.2 Å². The third-order valence-electron chi connectivity index (χ3n) is 3.83. The van der Waals surface area contributed by atoms with E-state index in [-0.39, 0.29) is 18.4 Å². The van der Waals surface area contributed by atoms with Crippen molar-refractivity contribution in [2.24, 2.45) is 0 Å². The van der Waals surface area contributed by atoms with Crippen LogP contribution in [0.1, 0.15) is 16.1 Å².